The van der Waals surface area contributed by atoms with Gasteiger partial charge in [-0.25, -0.2) is 18.7 Å². The summed E-state index contributed by atoms with van der Waals surface area (Å²) in [6.45, 7) is 2.57. The lowest BCUT2D eigenvalue weighted by Crippen LogP contribution is -2.06. The average Bonchev–Trinajstić information content (AvgIpc) is 2.38. The van der Waals surface area contributed by atoms with Gasteiger partial charge in [-0.2, -0.15) is 0 Å². The first-order chi connectivity index (χ1) is 9.63. The van der Waals surface area contributed by atoms with E-state index in [9.17, 15) is 8.78 Å². The van der Waals surface area contributed by atoms with Gasteiger partial charge < -0.3 is 15.4 Å². The van der Waals surface area contributed by atoms with Crippen LogP contribution in [0.4, 0.5) is 26.1 Å². The minimum atomic E-state index is -0.674. The van der Waals surface area contributed by atoms with E-state index in [1.165, 1.54) is 13.4 Å². The Morgan fingerprint density at radius 3 is 2.35 bits per heavy atom. The Hall–Kier alpha value is -2.44. The van der Waals surface area contributed by atoms with Crippen LogP contribution in [-0.2, 0) is 0 Å². The molecule has 0 aliphatic rings. The zero-order valence-electron chi connectivity index (χ0n) is 11.1. The first-order valence-electron chi connectivity index (χ1n) is 6.00. The highest BCUT2D eigenvalue weighted by Gasteiger charge is 2.12. The lowest BCUT2D eigenvalue weighted by Gasteiger charge is -2.13. The van der Waals surface area contributed by atoms with E-state index in [4.69, 9.17) is 4.74 Å². The van der Waals surface area contributed by atoms with Gasteiger partial charge >= 0.3 is 0 Å². The van der Waals surface area contributed by atoms with Crippen molar-refractivity contribution in [3.8, 4) is 5.75 Å². The summed E-state index contributed by atoms with van der Waals surface area (Å²) in [6.07, 6.45) is 1.33. The van der Waals surface area contributed by atoms with E-state index in [0.29, 0.717) is 23.9 Å². The normalized spacial score (nSPS) is 10.2. The fourth-order valence-electron chi connectivity index (χ4n) is 1.71. The molecule has 1 aromatic carbocycles. The summed E-state index contributed by atoms with van der Waals surface area (Å²) in [7, 11) is 1.47. The number of methoxy groups -OCH3 is 1. The van der Waals surface area contributed by atoms with Gasteiger partial charge in [-0.05, 0) is 19.1 Å². The van der Waals surface area contributed by atoms with Crippen LogP contribution >= 0.6 is 0 Å². The molecule has 0 aliphatic carbocycles. The van der Waals surface area contributed by atoms with Crippen LogP contribution in [0.15, 0.2) is 24.5 Å². The largest absolute Gasteiger partial charge is 0.490 e. The topological polar surface area (TPSA) is 59.1 Å². The number of anilines is 3. The molecule has 0 atom stereocenters. The smallest absolute Gasteiger partial charge is 0.204 e. The molecule has 0 saturated heterocycles. The van der Waals surface area contributed by atoms with E-state index in [1.807, 2.05) is 6.92 Å². The molecule has 0 saturated carbocycles. The number of rotatable bonds is 5. The third kappa shape index (κ3) is 3.11. The molecule has 20 heavy (non-hydrogen) atoms. The van der Waals surface area contributed by atoms with Crippen LogP contribution < -0.4 is 15.4 Å². The van der Waals surface area contributed by atoms with Crippen LogP contribution in [0, 0.1) is 11.6 Å². The first kappa shape index (κ1) is 14.0. The Balaban J connectivity index is 2.35. The van der Waals surface area contributed by atoms with Crippen molar-refractivity contribution >= 4 is 17.3 Å². The summed E-state index contributed by atoms with van der Waals surface area (Å²) < 4.78 is 31.5. The van der Waals surface area contributed by atoms with E-state index in [1.54, 1.807) is 0 Å². The lowest BCUT2D eigenvalue weighted by molar-refractivity contribution is 0.415. The summed E-state index contributed by atoms with van der Waals surface area (Å²) in [5.74, 6) is -0.147. The van der Waals surface area contributed by atoms with Gasteiger partial charge in [0, 0.05) is 18.3 Å². The minimum Gasteiger partial charge on any atom is -0.490 e. The molecule has 7 heteroatoms. The van der Waals surface area contributed by atoms with Crippen LogP contribution in [0.25, 0.3) is 0 Å². The maximum absolute atomic E-state index is 13.2. The molecule has 2 N–H and O–H groups in total. The standard InChI is InChI=1S/C13H14F2N4O/c1-3-16-12-11(20-2)13(18-7-17-12)19-10-5-8(14)4-9(15)6-10/h4-7H,3H2,1-2H3,(H2,16,17,18,19). The van der Waals surface area contributed by atoms with Gasteiger partial charge in [0.1, 0.15) is 18.0 Å². The average molecular weight is 280 g/mol. The Labute approximate surface area is 115 Å². The second-order valence-electron chi connectivity index (χ2n) is 3.92. The molecule has 0 bridgehead atoms. The molecular weight excluding hydrogens is 266 g/mol. The maximum atomic E-state index is 13.2. The zero-order chi connectivity index (χ0) is 14.5. The zero-order valence-corrected chi connectivity index (χ0v) is 11.1. The molecule has 5 nitrogen and oxygen atoms in total. The van der Waals surface area contributed by atoms with Crippen molar-refractivity contribution in [3.63, 3.8) is 0 Å². The van der Waals surface area contributed by atoms with Gasteiger partial charge in [-0.15, -0.1) is 0 Å². The Kier molecular flexibility index (Phi) is 4.29. The molecular formula is C13H14F2N4O. The van der Waals surface area contributed by atoms with E-state index in [2.05, 4.69) is 20.6 Å². The molecule has 0 aliphatic heterocycles. The quantitative estimate of drug-likeness (QED) is 0.881. The van der Waals surface area contributed by atoms with Crippen molar-refractivity contribution in [1.29, 1.82) is 0 Å². The highest BCUT2D eigenvalue weighted by Crippen LogP contribution is 2.31. The third-order valence-electron chi connectivity index (χ3n) is 2.48. The number of hydrogen-bond acceptors (Lipinski definition) is 5. The Morgan fingerprint density at radius 2 is 1.75 bits per heavy atom. The van der Waals surface area contributed by atoms with Crippen LogP contribution in [0.2, 0.25) is 0 Å². The fourth-order valence-corrected chi connectivity index (χ4v) is 1.71. The van der Waals surface area contributed by atoms with Gasteiger partial charge in [-0.1, -0.05) is 0 Å². The van der Waals surface area contributed by atoms with Gasteiger partial charge in [0.15, 0.2) is 11.6 Å². The number of benzene rings is 1. The predicted molar refractivity (Wildman–Crippen MR) is 72.4 cm³/mol. The molecule has 1 aromatic heterocycles. The van der Waals surface area contributed by atoms with Gasteiger partial charge in [0.05, 0.1) is 7.11 Å². The van der Waals surface area contributed by atoms with E-state index in [-0.39, 0.29) is 5.69 Å². The number of aromatic nitrogens is 2. The van der Waals surface area contributed by atoms with E-state index >= 15 is 0 Å². The van der Waals surface area contributed by atoms with Crippen molar-refractivity contribution in [2.75, 3.05) is 24.3 Å². The Morgan fingerprint density at radius 1 is 1.10 bits per heavy atom. The second kappa shape index (κ2) is 6.14. The lowest BCUT2D eigenvalue weighted by atomic mass is 10.3. The van der Waals surface area contributed by atoms with Crippen LogP contribution in [0.5, 0.6) is 5.75 Å². The minimum absolute atomic E-state index is 0.238. The van der Waals surface area contributed by atoms with Gasteiger partial charge in [0.2, 0.25) is 5.75 Å². The number of halogens is 2. The van der Waals surface area contributed by atoms with Crippen molar-refractivity contribution in [1.82, 2.24) is 9.97 Å². The van der Waals surface area contributed by atoms with Crippen molar-refractivity contribution < 1.29 is 13.5 Å². The predicted octanol–water partition coefficient (Wildman–Crippen LogP) is 2.94. The van der Waals surface area contributed by atoms with E-state index < -0.39 is 11.6 Å². The fraction of sp³-hybridized carbons (Fsp3) is 0.231. The van der Waals surface area contributed by atoms with Crippen molar-refractivity contribution in [2.24, 2.45) is 0 Å². The molecule has 0 spiro atoms. The Bertz CT molecular complexity index is 587. The highest BCUT2D eigenvalue weighted by atomic mass is 19.1. The monoisotopic (exact) mass is 280 g/mol. The van der Waals surface area contributed by atoms with Crippen LogP contribution in [0.3, 0.4) is 0 Å². The number of nitrogens with zero attached hydrogens (tertiary/aromatic N) is 2. The summed E-state index contributed by atoms with van der Waals surface area (Å²) in [6, 6.07) is 3.13. The molecule has 2 aromatic rings. The number of ether oxygens (including phenoxy) is 1. The molecule has 0 radical (unpaired) electrons. The van der Waals surface area contributed by atoms with E-state index in [0.717, 1.165) is 18.2 Å². The molecule has 1 heterocycles. The highest BCUT2D eigenvalue weighted by molar-refractivity contribution is 5.69. The summed E-state index contributed by atoms with van der Waals surface area (Å²) in [4.78, 5) is 8.06. The third-order valence-corrected chi connectivity index (χ3v) is 2.48. The van der Waals surface area contributed by atoms with Gasteiger partial charge in [0.25, 0.3) is 0 Å². The molecule has 2 rings (SSSR count). The molecule has 0 amide bonds. The van der Waals surface area contributed by atoms with Crippen LogP contribution in [-0.4, -0.2) is 23.6 Å². The maximum Gasteiger partial charge on any atom is 0.204 e. The second-order valence-corrected chi connectivity index (χ2v) is 3.92. The number of hydrogen-bond donors (Lipinski definition) is 2. The molecule has 0 fully saturated rings. The summed E-state index contributed by atoms with van der Waals surface area (Å²) >= 11 is 0. The molecule has 106 valence electrons. The van der Waals surface area contributed by atoms with Crippen molar-refractivity contribution in [3.05, 3.63) is 36.2 Å². The number of nitrogens with one attached hydrogen (secondary N) is 2. The van der Waals surface area contributed by atoms with Gasteiger partial charge in [-0.3, -0.25) is 0 Å². The molecule has 0 unspecified atom stereocenters. The van der Waals surface area contributed by atoms with Crippen LogP contribution in [0.1, 0.15) is 6.92 Å². The SMILES string of the molecule is CCNc1ncnc(Nc2cc(F)cc(F)c2)c1OC. The van der Waals surface area contributed by atoms with Crippen molar-refractivity contribution in [2.45, 2.75) is 6.92 Å². The first-order valence-corrected chi connectivity index (χ1v) is 6.00. The summed E-state index contributed by atoms with van der Waals surface area (Å²) in [5, 5.41) is 5.82. The summed E-state index contributed by atoms with van der Waals surface area (Å²) in [5.41, 5.74) is 0.238.